The molecular formula is C12H21N3O2S. The molecule has 0 spiro atoms. The van der Waals surface area contributed by atoms with E-state index < -0.39 is 9.84 Å². The number of nitrogens with zero attached hydrogens (tertiary/aromatic N) is 2. The lowest BCUT2D eigenvalue weighted by atomic mass is 9.84. The van der Waals surface area contributed by atoms with E-state index in [4.69, 9.17) is 5.73 Å². The molecule has 0 aliphatic heterocycles. The van der Waals surface area contributed by atoms with Crippen LogP contribution in [-0.4, -0.2) is 30.5 Å². The van der Waals surface area contributed by atoms with Crippen LogP contribution in [0.3, 0.4) is 0 Å². The third-order valence-corrected chi connectivity index (χ3v) is 4.76. The van der Waals surface area contributed by atoms with E-state index in [0.717, 1.165) is 0 Å². The monoisotopic (exact) mass is 271 g/mol. The minimum absolute atomic E-state index is 0.0672. The number of aromatic nitrogens is 2. The van der Waals surface area contributed by atoms with Gasteiger partial charge in [-0.25, -0.2) is 8.42 Å². The van der Waals surface area contributed by atoms with Crippen molar-refractivity contribution >= 4 is 9.84 Å². The van der Waals surface area contributed by atoms with Gasteiger partial charge in [-0.15, -0.1) is 0 Å². The standard InChI is InChI=1S/C12H21N3O2S/c1-18(16,17)11-7-14-15(8-11)9-12(13)10-5-3-2-4-6-10/h7-8,10,12H,2-6,9,13H2,1H3. The van der Waals surface area contributed by atoms with Crippen LogP contribution in [0, 0.1) is 5.92 Å². The lowest BCUT2D eigenvalue weighted by Gasteiger charge is -2.27. The first kappa shape index (κ1) is 13.5. The van der Waals surface area contributed by atoms with E-state index in [0.29, 0.717) is 12.5 Å². The van der Waals surface area contributed by atoms with Gasteiger partial charge in [0.05, 0.1) is 12.7 Å². The first-order valence-corrected chi connectivity index (χ1v) is 8.34. The zero-order valence-electron chi connectivity index (χ0n) is 10.7. The predicted octanol–water partition coefficient (Wildman–Crippen LogP) is 1.19. The minimum Gasteiger partial charge on any atom is -0.326 e. The molecule has 0 saturated heterocycles. The van der Waals surface area contributed by atoms with E-state index in [-0.39, 0.29) is 10.9 Å². The fourth-order valence-electron chi connectivity index (χ4n) is 2.56. The van der Waals surface area contributed by atoms with Crippen molar-refractivity contribution in [3.8, 4) is 0 Å². The second-order valence-electron chi connectivity index (χ2n) is 5.23. The van der Waals surface area contributed by atoms with Gasteiger partial charge in [-0.1, -0.05) is 19.3 Å². The third kappa shape index (κ3) is 3.32. The van der Waals surface area contributed by atoms with Crippen LogP contribution >= 0.6 is 0 Å². The summed E-state index contributed by atoms with van der Waals surface area (Å²) in [5, 5.41) is 4.07. The molecule has 5 nitrogen and oxygen atoms in total. The molecule has 1 unspecified atom stereocenters. The second kappa shape index (κ2) is 5.40. The van der Waals surface area contributed by atoms with Crippen LogP contribution in [0.1, 0.15) is 32.1 Å². The lowest BCUT2D eigenvalue weighted by molar-refractivity contribution is 0.279. The molecular weight excluding hydrogens is 250 g/mol. The highest BCUT2D eigenvalue weighted by atomic mass is 32.2. The zero-order chi connectivity index (χ0) is 13.2. The van der Waals surface area contributed by atoms with Crippen molar-refractivity contribution < 1.29 is 8.42 Å². The van der Waals surface area contributed by atoms with Crippen molar-refractivity contribution in [3.63, 3.8) is 0 Å². The Morgan fingerprint density at radius 1 is 1.44 bits per heavy atom. The van der Waals surface area contributed by atoms with Crippen LogP contribution in [0.2, 0.25) is 0 Å². The Labute approximate surface area is 108 Å². The maximum atomic E-state index is 11.3. The van der Waals surface area contributed by atoms with Gasteiger partial charge in [0.2, 0.25) is 0 Å². The Morgan fingerprint density at radius 2 is 2.11 bits per heavy atom. The summed E-state index contributed by atoms with van der Waals surface area (Å²) >= 11 is 0. The molecule has 102 valence electrons. The van der Waals surface area contributed by atoms with Crippen molar-refractivity contribution in [1.29, 1.82) is 0 Å². The fourth-order valence-corrected chi connectivity index (χ4v) is 3.12. The van der Waals surface area contributed by atoms with Gasteiger partial charge in [0.1, 0.15) is 4.90 Å². The average Bonchev–Trinajstić information content (AvgIpc) is 2.78. The van der Waals surface area contributed by atoms with Crippen LogP contribution in [-0.2, 0) is 16.4 Å². The minimum atomic E-state index is -3.17. The molecule has 1 heterocycles. The lowest BCUT2D eigenvalue weighted by Crippen LogP contribution is -2.35. The number of hydrogen-bond acceptors (Lipinski definition) is 4. The Bertz CT molecular complexity index is 489. The number of hydrogen-bond donors (Lipinski definition) is 1. The highest BCUT2D eigenvalue weighted by Gasteiger charge is 2.21. The van der Waals surface area contributed by atoms with E-state index in [1.54, 1.807) is 10.9 Å². The van der Waals surface area contributed by atoms with Crippen molar-refractivity contribution in [2.45, 2.75) is 49.6 Å². The molecule has 0 amide bonds. The van der Waals surface area contributed by atoms with E-state index >= 15 is 0 Å². The third-order valence-electron chi connectivity index (χ3n) is 3.69. The second-order valence-corrected chi connectivity index (χ2v) is 7.25. The van der Waals surface area contributed by atoms with Crippen LogP contribution in [0.4, 0.5) is 0 Å². The molecule has 6 heteroatoms. The van der Waals surface area contributed by atoms with Crippen LogP contribution in [0.5, 0.6) is 0 Å². The van der Waals surface area contributed by atoms with Crippen LogP contribution < -0.4 is 5.73 Å². The molecule has 0 radical (unpaired) electrons. The van der Waals surface area contributed by atoms with Crippen molar-refractivity contribution in [1.82, 2.24) is 9.78 Å². The van der Waals surface area contributed by atoms with E-state index in [1.807, 2.05) is 0 Å². The number of nitrogens with two attached hydrogens (primary N) is 1. The van der Waals surface area contributed by atoms with Crippen LogP contribution in [0.25, 0.3) is 0 Å². The van der Waals surface area contributed by atoms with E-state index in [1.165, 1.54) is 44.6 Å². The Hall–Kier alpha value is -0.880. The Balaban J connectivity index is 1.98. The van der Waals surface area contributed by atoms with Crippen molar-refractivity contribution in [2.75, 3.05) is 6.26 Å². The maximum absolute atomic E-state index is 11.3. The predicted molar refractivity (Wildman–Crippen MR) is 69.9 cm³/mol. The summed E-state index contributed by atoms with van der Waals surface area (Å²) in [6.45, 7) is 0.597. The summed E-state index contributed by atoms with van der Waals surface area (Å²) in [6.07, 6.45) is 10.3. The van der Waals surface area contributed by atoms with Crippen LogP contribution in [0.15, 0.2) is 17.3 Å². The van der Waals surface area contributed by atoms with Gasteiger partial charge in [-0.2, -0.15) is 5.10 Å². The Kier molecular flexibility index (Phi) is 4.07. The Morgan fingerprint density at radius 3 is 2.67 bits per heavy atom. The molecule has 1 aromatic heterocycles. The summed E-state index contributed by atoms with van der Waals surface area (Å²) in [4.78, 5) is 0.262. The summed E-state index contributed by atoms with van der Waals surface area (Å²) in [5.74, 6) is 0.546. The molecule has 2 N–H and O–H groups in total. The quantitative estimate of drug-likeness (QED) is 0.892. The topological polar surface area (TPSA) is 78.0 Å². The van der Waals surface area contributed by atoms with E-state index in [2.05, 4.69) is 5.10 Å². The molecule has 1 fully saturated rings. The molecule has 1 atom stereocenters. The number of sulfone groups is 1. The molecule has 0 bridgehead atoms. The zero-order valence-corrected chi connectivity index (χ0v) is 11.6. The van der Waals surface area contributed by atoms with E-state index in [9.17, 15) is 8.42 Å². The van der Waals surface area contributed by atoms with Gasteiger partial charge in [0.25, 0.3) is 0 Å². The summed E-state index contributed by atoms with van der Waals surface area (Å²) in [5.41, 5.74) is 6.19. The summed E-state index contributed by atoms with van der Waals surface area (Å²) < 4.78 is 24.3. The highest BCUT2D eigenvalue weighted by molar-refractivity contribution is 7.90. The normalized spacial score (nSPS) is 19.9. The molecule has 18 heavy (non-hydrogen) atoms. The van der Waals surface area contributed by atoms with Crippen molar-refractivity contribution in [2.24, 2.45) is 11.7 Å². The largest absolute Gasteiger partial charge is 0.326 e. The smallest absolute Gasteiger partial charge is 0.178 e. The number of rotatable bonds is 4. The summed E-state index contributed by atoms with van der Waals surface area (Å²) in [6, 6.07) is 0.0672. The van der Waals surface area contributed by atoms with Gasteiger partial charge in [-0.3, -0.25) is 4.68 Å². The molecule has 1 aliphatic carbocycles. The van der Waals surface area contributed by atoms with Gasteiger partial charge in [0.15, 0.2) is 9.84 Å². The summed E-state index contributed by atoms with van der Waals surface area (Å²) in [7, 11) is -3.17. The average molecular weight is 271 g/mol. The van der Waals surface area contributed by atoms with Crippen molar-refractivity contribution in [3.05, 3.63) is 12.4 Å². The first-order chi connectivity index (χ1) is 8.47. The van der Waals surface area contributed by atoms with Gasteiger partial charge in [-0.05, 0) is 18.8 Å². The molecule has 1 aromatic rings. The van der Waals surface area contributed by atoms with Gasteiger partial charge < -0.3 is 5.73 Å². The maximum Gasteiger partial charge on any atom is 0.178 e. The van der Waals surface area contributed by atoms with Gasteiger partial charge in [0, 0.05) is 18.5 Å². The first-order valence-electron chi connectivity index (χ1n) is 6.45. The highest BCUT2D eigenvalue weighted by Crippen LogP contribution is 2.26. The van der Waals surface area contributed by atoms with Gasteiger partial charge >= 0.3 is 0 Å². The molecule has 1 saturated carbocycles. The molecule has 1 aliphatic rings. The SMILES string of the molecule is CS(=O)(=O)c1cnn(CC(N)C2CCCCC2)c1. The molecule has 2 rings (SSSR count). The fraction of sp³-hybridized carbons (Fsp3) is 0.750. The molecule has 0 aromatic carbocycles.